The van der Waals surface area contributed by atoms with Gasteiger partial charge in [-0.2, -0.15) is 0 Å². The molecule has 0 unspecified atom stereocenters. The molecule has 2 aliphatic rings. The predicted octanol–water partition coefficient (Wildman–Crippen LogP) is 5.12. The lowest BCUT2D eigenvalue weighted by atomic mass is 10.00. The number of carbonyl (C=O) groups excluding carboxylic acids is 4. The number of nitrogens with zero attached hydrogens (tertiary/aromatic N) is 2. The topological polar surface area (TPSA) is 96.0 Å². The summed E-state index contributed by atoms with van der Waals surface area (Å²) in [6.45, 7) is 0.328. The second kappa shape index (κ2) is 11.9. The van der Waals surface area contributed by atoms with Crippen LogP contribution in [0.4, 0.5) is 14.9 Å². The predicted molar refractivity (Wildman–Crippen MR) is 150 cm³/mol. The molecule has 0 atom stereocenters. The fourth-order valence-electron chi connectivity index (χ4n) is 4.33. The van der Waals surface area contributed by atoms with E-state index in [0.29, 0.717) is 24.3 Å². The molecule has 0 aromatic heterocycles. The number of imide groups is 1. The van der Waals surface area contributed by atoms with E-state index in [2.05, 4.69) is 5.32 Å². The van der Waals surface area contributed by atoms with Crippen LogP contribution >= 0.6 is 23.4 Å². The van der Waals surface area contributed by atoms with Crippen LogP contribution in [0.3, 0.4) is 0 Å². The van der Waals surface area contributed by atoms with Crippen molar-refractivity contribution < 1.29 is 28.3 Å². The van der Waals surface area contributed by atoms with Crippen LogP contribution in [0.2, 0.25) is 5.02 Å². The number of benzene rings is 3. The fourth-order valence-corrected chi connectivity index (χ4v) is 5.41. The third-order valence-electron chi connectivity index (χ3n) is 6.39. The average molecular weight is 580 g/mol. The molecule has 4 amide bonds. The molecule has 40 heavy (non-hydrogen) atoms. The Morgan fingerprint density at radius 2 is 1.80 bits per heavy atom. The highest BCUT2D eigenvalue weighted by Gasteiger charge is 2.37. The number of thioether (sulfide) groups is 1. The highest BCUT2D eigenvalue weighted by Crippen LogP contribution is 2.34. The Kier molecular flexibility index (Phi) is 8.18. The zero-order valence-corrected chi connectivity index (χ0v) is 22.6. The maximum Gasteiger partial charge on any atom is 0.294 e. The van der Waals surface area contributed by atoms with E-state index in [-0.39, 0.29) is 34.7 Å². The maximum atomic E-state index is 13.0. The Hall–Kier alpha value is -4.15. The zero-order valence-electron chi connectivity index (χ0n) is 21.1. The first-order valence-corrected chi connectivity index (χ1v) is 13.5. The number of nitrogens with one attached hydrogen (secondary N) is 1. The third kappa shape index (κ3) is 6.35. The van der Waals surface area contributed by atoms with Crippen LogP contribution in [-0.4, -0.2) is 52.5 Å². The summed E-state index contributed by atoms with van der Waals surface area (Å²) in [6.07, 6.45) is 2.24. The van der Waals surface area contributed by atoms with Crippen LogP contribution in [0.1, 0.15) is 16.7 Å². The molecule has 0 radical (unpaired) electrons. The van der Waals surface area contributed by atoms with Gasteiger partial charge in [-0.05, 0) is 77.3 Å². The number of hydrogen-bond donors (Lipinski definition) is 1. The van der Waals surface area contributed by atoms with Crippen LogP contribution in [0.25, 0.3) is 6.08 Å². The van der Waals surface area contributed by atoms with Gasteiger partial charge in [0.1, 0.15) is 18.1 Å². The average Bonchev–Trinajstić information content (AvgIpc) is 3.20. The highest BCUT2D eigenvalue weighted by molar-refractivity contribution is 8.18. The molecule has 2 aliphatic heterocycles. The molecule has 1 N–H and O–H groups in total. The Morgan fingerprint density at radius 3 is 2.55 bits per heavy atom. The summed E-state index contributed by atoms with van der Waals surface area (Å²) in [5, 5.41) is 2.27. The van der Waals surface area contributed by atoms with Gasteiger partial charge in [-0.1, -0.05) is 41.9 Å². The quantitative estimate of drug-likeness (QED) is 0.391. The van der Waals surface area contributed by atoms with Gasteiger partial charge in [0.25, 0.3) is 17.1 Å². The molecule has 3 aromatic rings. The number of fused-ring (bicyclic) bond motifs is 1. The van der Waals surface area contributed by atoms with Crippen LogP contribution in [0.15, 0.2) is 71.6 Å². The number of ether oxygens (including phenoxy) is 1. The van der Waals surface area contributed by atoms with Gasteiger partial charge in [0.05, 0.1) is 9.93 Å². The van der Waals surface area contributed by atoms with Gasteiger partial charge < -0.3 is 15.0 Å². The molecule has 0 spiro atoms. The van der Waals surface area contributed by atoms with Crippen molar-refractivity contribution in [3.63, 3.8) is 0 Å². The summed E-state index contributed by atoms with van der Waals surface area (Å²) in [5.41, 5.74) is 3.23. The molecule has 8 nitrogen and oxygen atoms in total. The maximum absolute atomic E-state index is 13.0. The van der Waals surface area contributed by atoms with Gasteiger partial charge in [-0.15, -0.1) is 0 Å². The van der Waals surface area contributed by atoms with Crippen LogP contribution in [-0.2, 0) is 27.3 Å². The summed E-state index contributed by atoms with van der Waals surface area (Å²) in [4.78, 5) is 53.3. The largest absolute Gasteiger partial charge is 0.482 e. The Bertz CT molecular complexity index is 1530. The number of anilines is 1. The van der Waals surface area contributed by atoms with Crippen molar-refractivity contribution in [2.45, 2.75) is 13.0 Å². The van der Waals surface area contributed by atoms with Crippen LogP contribution in [0, 0.1) is 5.82 Å². The minimum absolute atomic E-state index is 0.171. The minimum atomic E-state index is -0.547. The Labute approximate surface area is 238 Å². The standard InChI is InChI=1S/C29H23ClFN3O5S/c30-23-13-18(5-10-24(23)39-17-26(35)32-22-8-6-21(31)7-9-22)14-25-28(37)34(29(38)40-25)16-27(36)33-12-11-19-3-1-2-4-20(19)15-33/h1-10,13-14H,11-12,15-17H2,(H,32,35)/b25-14-. The van der Waals surface area contributed by atoms with E-state index >= 15 is 0 Å². The molecule has 1 fully saturated rings. The van der Waals surface area contributed by atoms with E-state index in [1.807, 2.05) is 24.3 Å². The summed E-state index contributed by atoms with van der Waals surface area (Å²) >= 11 is 7.07. The number of carbonyl (C=O) groups is 4. The Balaban J connectivity index is 1.18. The number of rotatable bonds is 7. The van der Waals surface area contributed by atoms with Crippen molar-refractivity contribution in [1.29, 1.82) is 0 Å². The van der Waals surface area contributed by atoms with Gasteiger partial charge in [-0.3, -0.25) is 24.1 Å². The number of amides is 4. The van der Waals surface area contributed by atoms with Crippen LogP contribution < -0.4 is 10.1 Å². The summed E-state index contributed by atoms with van der Waals surface area (Å²) in [5.74, 6) is -1.46. The molecule has 0 saturated carbocycles. The van der Waals surface area contributed by atoms with Crippen molar-refractivity contribution in [2.24, 2.45) is 0 Å². The number of halogens is 2. The molecule has 1 saturated heterocycles. The van der Waals surface area contributed by atoms with Crippen molar-refractivity contribution in [3.8, 4) is 5.75 Å². The Morgan fingerprint density at radius 1 is 1.05 bits per heavy atom. The summed E-state index contributed by atoms with van der Waals surface area (Å²) < 4.78 is 18.5. The SMILES string of the molecule is O=C(COc1ccc(/C=C2\SC(=O)N(CC(=O)N3CCc4ccccc4C3)C2=O)cc1Cl)Nc1ccc(F)cc1. The molecule has 0 bridgehead atoms. The van der Waals surface area contributed by atoms with E-state index < -0.39 is 22.9 Å². The van der Waals surface area contributed by atoms with E-state index in [4.69, 9.17) is 16.3 Å². The van der Waals surface area contributed by atoms with Crippen molar-refractivity contribution >= 4 is 58.1 Å². The number of hydrogen-bond acceptors (Lipinski definition) is 6. The second-order valence-electron chi connectivity index (χ2n) is 9.14. The minimum Gasteiger partial charge on any atom is -0.482 e. The first kappa shape index (κ1) is 27.4. The van der Waals surface area contributed by atoms with Gasteiger partial charge in [0.15, 0.2) is 6.61 Å². The smallest absolute Gasteiger partial charge is 0.294 e. The van der Waals surface area contributed by atoms with Crippen molar-refractivity contribution in [1.82, 2.24) is 9.80 Å². The normalized spacial score (nSPS) is 15.8. The lowest BCUT2D eigenvalue weighted by Crippen LogP contribution is -2.44. The molecule has 3 aromatic carbocycles. The molecule has 204 valence electrons. The molecular formula is C29H23ClFN3O5S. The highest BCUT2D eigenvalue weighted by atomic mass is 35.5. The molecule has 0 aliphatic carbocycles. The lowest BCUT2D eigenvalue weighted by molar-refractivity contribution is -0.136. The van der Waals surface area contributed by atoms with Crippen molar-refractivity contribution in [2.75, 3.05) is 25.0 Å². The lowest BCUT2D eigenvalue weighted by Gasteiger charge is -2.29. The molecular weight excluding hydrogens is 557 g/mol. The second-order valence-corrected chi connectivity index (χ2v) is 10.5. The van der Waals surface area contributed by atoms with E-state index in [0.717, 1.165) is 28.6 Å². The first-order valence-electron chi connectivity index (χ1n) is 12.3. The fraction of sp³-hybridized carbons (Fsp3) is 0.172. The first-order chi connectivity index (χ1) is 19.3. The molecule has 2 heterocycles. The van der Waals surface area contributed by atoms with Crippen molar-refractivity contribution in [3.05, 3.63) is 99.2 Å². The van der Waals surface area contributed by atoms with E-state index in [9.17, 15) is 23.6 Å². The van der Waals surface area contributed by atoms with Gasteiger partial charge in [0.2, 0.25) is 5.91 Å². The van der Waals surface area contributed by atoms with E-state index in [1.54, 1.807) is 23.1 Å². The third-order valence-corrected chi connectivity index (χ3v) is 7.59. The van der Waals surface area contributed by atoms with Crippen LogP contribution in [0.5, 0.6) is 5.75 Å². The summed E-state index contributed by atoms with van der Waals surface area (Å²) in [6, 6.07) is 17.9. The zero-order chi connectivity index (χ0) is 28.2. The van der Waals surface area contributed by atoms with E-state index in [1.165, 1.54) is 35.9 Å². The summed E-state index contributed by atoms with van der Waals surface area (Å²) in [7, 11) is 0. The van der Waals surface area contributed by atoms with Gasteiger partial charge in [-0.25, -0.2) is 4.39 Å². The molecule has 5 rings (SSSR count). The van der Waals surface area contributed by atoms with Gasteiger partial charge in [0, 0.05) is 18.8 Å². The molecule has 11 heteroatoms. The van der Waals surface area contributed by atoms with Gasteiger partial charge >= 0.3 is 0 Å². The monoisotopic (exact) mass is 579 g/mol.